The van der Waals surface area contributed by atoms with Crippen molar-refractivity contribution in [3.8, 4) is 0 Å². The molecule has 0 saturated heterocycles. The van der Waals surface area contributed by atoms with Crippen LogP contribution in [0.25, 0.3) is 0 Å². The Bertz CT molecular complexity index is 812. The molecule has 2 N–H and O–H groups in total. The van der Waals surface area contributed by atoms with Gasteiger partial charge in [-0.1, -0.05) is 50.5 Å². The number of alkyl carbamates (subject to hydrolysis) is 1. The van der Waals surface area contributed by atoms with Gasteiger partial charge in [-0.15, -0.1) is 0 Å². The van der Waals surface area contributed by atoms with Crippen molar-refractivity contribution < 1.29 is 19.1 Å². The summed E-state index contributed by atoms with van der Waals surface area (Å²) < 4.78 is 5.27. The summed E-state index contributed by atoms with van der Waals surface area (Å²) in [6.07, 6.45) is 5.35. The van der Waals surface area contributed by atoms with Gasteiger partial charge in [0.25, 0.3) is 0 Å². The molecule has 184 valence electrons. The van der Waals surface area contributed by atoms with Gasteiger partial charge in [0, 0.05) is 12.1 Å². The Hall–Kier alpha value is -2.57. The second-order valence-electron chi connectivity index (χ2n) is 10.0. The summed E-state index contributed by atoms with van der Waals surface area (Å²) >= 11 is 0. The van der Waals surface area contributed by atoms with E-state index in [1.165, 1.54) is 6.42 Å². The van der Waals surface area contributed by atoms with E-state index in [2.05, 4.69) is 10.6 Å². The van der Waals surface area contributed by atoms with Crippen molar-refractivity contribution >= 4 is 17.9 Å². The monoisotopic (exact) mass is 459 g/mol. The number of carbonyl (C=O) groups is 3. The van der Waals surface area contributed by atoms with E-state index in [1.54, 1.807) is 25.7 Å². The van der Waals surface area contributed by atoms with Crippen molar-refractivity contribution in [2.24, 2.45) is 0 Å². The molecule has 1 aromatic carbocycles. The first-order valence-corrected chi connectivity index (χ1v) is 12.2. The molecule has 2 rings (SSSR count). The van der Waals surface area contributed by atoms with Gasteiger partial charge in [0.15, 0.2) is 0 Å². The third-order valence-electron chi connectivity index (χ3n) is 6.10. The summed E-state index contributed by atoms with van der Waals surface area (Å²) in [5.74, 6) is -0.482. The van der Waals surface area contributed by atoms with Crippen LogP contribution in [0.3, 0.4) is 0 Å². The van der Waals surface area contributed by atoms with Crippen molar-refractivity contribution in [3.63, 3.8) is 0 Å². The minimum Gasteiger partial charge on any atom is -0.444 e. The Morgan fingerprint density at radius 2 is 1.76 bits per heavy atom. The van der Waals surface area contributed by atoms with E-state index < -0.39 is 17.7 Å². The van der Waals surface area contributed by atoms with Crippen molar-refractivity contribution in [1.29, 1.82) is 0 Å². The van der Waals surface area contributed by atoms with E-state index in [0.29, 0.717) is 6.42 Å². The van der Waals surface area contributed by atoms with E-state index in [1.807, 2.05) is 45.0 Å². The van der Waals surface area contributed by atoms with Crippen molar-refractivity contribution in [2.75, 3.05) is 6.54 Å². The van der Waals surface area contributed by atoms with Crippen LogP contribution in [0.15, 0.2) is 24.3 Å². The molecule has 2 unspecified atom stereocenters. The van der Waals surface area contributed by atoms with E-state index >= 15 is 0 Å². The Morgan fingerprint density at radius 1 is 1.12 bits per heavy atom. The largest absolute Gasteiger partial charge is 0.444 e. The maximum Gasteiger partial charge on any atom is 0.408 e. The lowest BCUT2D eigenvalue weighted by atomic mass is 9.93. The summed E-state index contributed by atoms with van der Waals surface area (Å²) in [5, 5.41) is 5.77. The highest BCUT2D eigenvalue weighted by Crippen LogP contribution is 2.28. The molecule has 3 amide bonds. The van der Waals surface area contributed by atoms with Gasteiger partial charge in [0.1, 0.15) is 18.2 Å². The molecule has 1 saturated carbocycles. The highest BCUT2D eigenvalue weighted by molar-refractivity contribution is 5.91. The zero-order valence-electron chi connectivity index (χ0n) is 21.1. The first-order chi connectivity index (χ1) is 15.5. The number of carbonyl (C=O) groups excluding carboxylic acids is 3. The van der Waals surface area contributed by atoms with Gasteiger partial charge in [-0.2, -0.15) is 0 Å². The highest BCUT2D eigenvalue weighted by atomic mass is 16.6. The normalized spacial score (nSPS) is 16.4. The van der Waals surface area contributed by atoms with Crippen LogP contribution in [0, 0.1) is 6.92 Å². The Kier molecular flexibility index (Phi) is 9.74. The summed E-state index contributed by atoms with van der Waals surface area (Å²) in [4.78, 5) is 40.8. The molecule has 1 fully saturated rings. The van der Waals surface area contributed by atoms with E-state index in [9.17, 15) is 14.4 Å². The predicted molar refractivity (Wildman–Crippen MR) is 130 cm³/mol. The Labute approximate surface area is 198 Å². The van der Waals surface area contributed by atoms with Gasteiger partial charge in [-0.25, -0.2) is 4.79 Å². The molecular formula is C26H41N3O4. The molecule has 7 heteroatoms. The van der Waals surface area contributed by atoms with Crippen LogP contribution in [0.4, 0.5) is 4.79 Å². The number of nitrogens with zero attached hydrogens (tertiary/aromatic N) is 1. The van der Waals surface area contributed by atoms with Crippen molar-refractivity contribution in [1.82, 2.24) is 15.5 Å². The van der Waals surface area contributed by atoms with Crippen LogP contribution in [0.5, 0.6) is 0 Å². The molecule has 0 spiro atoms. The molecule has 0 aromatic heterocycles. The third-order valence-corrected chi connectivity index (χ3v) is 6.10. The van der Waals surface area contributed by atoms with E-state index in [0.717, 1.165) is 36.8 Å². The van der Waals surface area contributed by atoms with Crippen LogP contribution in [-0.4, -0.2) is 47.0 Å². The Morgan fingerprint density at radius 3 is 2.33 bits per heavy atom. The zero-order valence-corrected chi connectivity index (χ0v) is 21.1. The predicted octanol–water partition coefficient (Wildman–Crippen LogP) is 4.64. The molecule has 7 nitrogen and oxygen atoms in total. The van der Waals surface area contributed by atoms with Gasteiger partial charge in [-0.05, 0) is 65.0 Å². The lowest BCUT2D eigenvalue weighted by molar-refractivity contribution is -0.143. The summed E-state index contributed by atoms with van der Waals surface area (Å²) in [6.45, 7) is 10.9. The third kappa shape index (κ3) is 8.06. The number of benzene rings is 1. The Balaban J connectivity index is 2.31. The van der Waals surface area contributed by atoms with E-state index in [4.69, 9.17) is 4.74 Å². The lowest BCUT2D eigenvalue weighted by Crippen LogP contribution is -2.52. The molecular weight excluding hydrogens is 418 g/mol. The maximum absolute atomic E-state index is 13.6. The van der Waals surface area contributed by atoms with Crippen LogP contribution < -0.4 is 10.6 Å². The van der Waals surface area contributed by atoms with Gasteiger partial charge in [0.05, 0.1) is 0 Å². The average Bonchev–Trinajstić information content (AvgIpc) is 2.75. The van der Waals surface area contributed by atoms with Crippen LogP contribution in [0.2, 0.25) is 0 Å². The number of hydrogen-bond acceptors (Lipinski definition) is 4. The van der Waals surface area contributed by atoms with Crippen LogP contribution in [-0.2, 0) is 14.3 Å². The topological polar surface area (TPSA) is 87.7 Å². The quantitative estimate of drug-likeness (QED) is 0.593. The SMILES string of the molecule is CCC(C)N(C(=O)CNC(=O)OC(C)(C)C)C(C(=O)NC1CCCCC1)c1ccccc1C. The molecule has 1 aromatic rings. The van der Waals surface area contributed by atoms with Crippen LogP contribution in [0.1, 0.15) is 90.3 Å². The minimum atomic E-state index is -0.768. The summed E-state index contributed by atoms with van der Waals surface area (Å²) in [6, 6.07) is 6.84. The van der Waals surface area contributed by atoms with Gasteiger partial charge >= 0.3 is 6.09 Å². The zero-order chi connectivity index (χ0) is 24.6. The summed E-state index contributed by atoms with van der Waals surface area (Å²) in [7, 11) is 0. The molecule has 2 atom stereocenters. The standard InChI is InChI=1S/C26H41N3O4/c1-7-19(3)29(22(30)17-27-25(32)33-26(4,5)6)23(21-16-12-11-13-18(21)2)24(31)28-20-14-9-8-10-15-20/h11-13,16,19-20,23H,7-10,14-15,17H2,1-6H3,(H,27,32)(H,28,31). The second kappa shape index (κ2) is 12.1. The second-order valence-corrected chi connectivity index (χ2v) is 10.0. The fraction of sp³-hybridized carbons (Fsp3) is 0.654. The number of hydrogen-bond donors (Lipinski definition) is 2. The smallest absolute Gasteiger partial charge is 0.408 e. The minimum absolute atomic E-state index is 0.131. The number of rotatable bonds is 8. The summed E-state index contributed by atoms with van der Waals surface area (Å²) in [5.41, 5.74) is 1.09. The van der Waals surface area contributed by atoms with Gasteiger partial charge in [-0.3, -0.25) is 9.59 Å². The molecule has 0 bridgehead atoms. The molecule has 1 aliphatic rings. The number of nitrogens with one attached hydrogen (secondary N) is 2. The number of amides is 3. The highest BCUT2D eigenvalue weighted by Gasteiger charge is 2.36. The fourth-order valence-electron chi connectivity index (χ4n) is 4.23. The molecule has 33 heavy (non-hydrogen) atoms. The van der Waals surface area contributed by atoms with Gasteiger partial charge in [0.2, 0.25) is 11.8 Å². The van der Waals surface area contributed by atoms with Crippen molar-refractivity contribution in [2.45, 2.75) is 104 Å². The van der Waals surface area contributed by atoms with Gasteiger partial charge < -0.3 is 20.3 Å². The number of ether oxygens (including phenoxy) is 1. The van der Waals surface area contributed by atoms with Crippen molar-refractivity contribution in [3.05, 3.63) is 35.4 Å². The first-order valence-electron chi connectivity index (χ1n) is 12.2. The number of aryl methyl sites for hydroxylation is 1. The van der Waals surface area contributed by atoms with Crippen LogP contribution >= 0.6 is 0 Å². The first kappa shape index (κ1) is 26.7. The fourth-order valence-corrected chi connectivity index (χ4v) is 4.23. The molecule has 0 radical (unpaired) electrons. The average molecular weight is 460 g/mol. The molecule has 1 aliphatic carbocycles. The maximum atomic E-state index is 13.6. The van der Waals surface area contributed by atoms with E-state index in [-0.39, 0.29) is 30.4 Å². The lowest BCUT2D eigenvalue weighted by Gasteiger charge is -2.37. The molecule has 0 aliphatic heterocycles. The molecule has 0 heterocycles.